The van der Waals surface area contributed by atoms with E-state index < -0.39 is 29.4 Å². The van der Waals surface area contributed by atoms with Crippen molar-refractivity contribution in [2.75, 3.05) is 0 Å². The van der Waals surface area contributed by atoms with Crippen LogP contribution in [0.15, 0.2) is 24.3 Å². The molecule has 1 atom stereocenters. The fourth-order valence-corrected chi connectivity index (χ4v) is 1.12. The van der Waals surface area contributed by atoms with Gasteiger partial charge in [0.25, 0.3) is 0 Å². The molecule has 2 N–H and O–H groups in total. The summed E-state index contributed by atoms with van der Waals surface area (Å²) in [6.45, 7) is 0. The minimum absolute atomic E-state index is 0.456. The fraction of sp³-hybridized carbons (Fsp3) is 0.222. The fourth-order valence-electron chi connectivity index (χ4n) is 1.12. The second kappa shape index (κ2) is 3.88. The van der Waals surface area contributed by atoms with Crippen LogP contribution in [0.25, 0.3) is 0 Å². The van der Waals surface area contributed by atoms with Crippen molar-refractivity contribution in [3.05, 3.63) is 35.4 Å². The molecule has 1 aromatic rings. The van der Waals surface area contributed by atoms with Crippen LogP contribution in [0, 0.1) is 0 Å². The van der Waals surface area contributed by atoms with E-state index in [1.165, 1.54) is 12.1 Å². The molecule has 0 aliphatic heterocycles. The molecule has 1 aromatic carbocycles. The van der Waals surface area contributed by atoms with Gasteiger partial charge in [0.05, 0.1) is 0 Å². The SMILES string of the molecule is NC(=O)c1ccccc1C(F)C(F)(F)F. The molecule has 1 amide bonds. The van der Waals surface area contributed by atoms with Crippen molar-refractivity contribution < 1.29 is 22.4 Å². The van der Waals surface area contributed by atoms with Crippen molar-refractivity contribution in [2.24, 2.45) is 5.73 Å². The zero-order valence-corrected chi connectivity index (χ0v) is 7.38. The first kappa shape index (κ1) is 11.5. The van der Waals surface area contributed by atoms with Crippen molar-refractivity contribution in [1.29, 1.82) is 0 Å². The molecule has 1 rings (SSSR count). The van der Waals surface area contributed by atoms with E-state index in [0.717, 1.165) is 12.1 Å². The summed E-state index contributed by atoms with van der Waals surface area (Å²) in [5, 5.41) is 0. The number of hydrogen-bond acceptors (Lipinski definition) is 1. The van der Waals surface area contributed by atoms with E-state index >= 15 is 0 Å². The minimum Gasteiger partial charge on any atom is -0.366 e. The Balaban J connectivity index is 3.19. The van der Waals surface area contributed by atoms with Crippen LogP contribution in [0.1, 0.15) is 22.1 Å². The second-order valence-electron chi connectivity index (χ2n) is 2.86. The third kappa shape index (κ3) is 2.45. The maximum absolute atomic E-state index is 12.9. The summed E-state index contributed by atoms with van der Waals surface area (Å²) in [4.78, 5) is 10.7. The number of benzene rings is 1. The Kier molecular flexibility index (Phi) is 2.97. The van der Waals surface area contributed by atoms with Gasteiger partial charge in [-0.25, -0.2) is 4.39 Å². The van der Waals surface area contributed by atoms with Gasteiger partial charge in [-0.3, -0.25) is 4.79 Å². The minimum atomic E-state index is -5.04. The molecule has 1 unspecified atom stereocenters. The first-order chi connectivity index (χ1) is 6.84. The number of carbonyl (C=O) groups is 1. The Hall–Kier alpha value is -1.59. The number of nitrogens with two attached hydrogens (primary N) is 1. The molecule has 0 aromatic heterocycles. The first-order valence-corrected chi connectivity index (χ1v) is 3.93. The Bertz CT molecular complexity index is 375. The van der Waals surface area contributed by atoms with Gasteiger partial charge < -0.3 is 5.73 Å². The topological polar surface area (TPSA) is 43.1 Å². The molecule has 0 spiro atoms. The van der Waals surface area contributed by atoms with Gasteiger partial charge in [-0.15, -0.1) is 0 Å². The Labute approximate surface area is 82.7 Å². The van der Waals surface area contributed by atoms with E-state index in [1.54, 1.807) is 0 Å². The van der Waals surface area contributed by atoms with E-state index in [2.05, 4.69) is 0 Å². The van der Waals surface area contributed by atoms with Gasteiger partial charge in [-0.05, 0) is 6.07 Å². The maximum atomic E-state index is 12.9. The molecule has 0 saturated carbocycles. The summed E-state index contributed by atoms with van der Waals surface area (Å²) in [6, 6.07) is 4.46. The highest BCUT2D eigenvalue weighted by molar-refractivity contribution is 5.94. The predicted octanol–water partition coefficient (Wildman–Crippen LogP) is 2.36. The van der Waals surface area contributed by atoms with Crippen LogP contribution in [0.4, 0.5) is 17.6 Å². The average Bonchev–Trinajstić information content (AvgIpc) is 2.15. The van der Waals surface area contributed by atoms with E-state index in [0.29, 0.717) is 0 Å². The molecule has 0 aliphatic carbocycles. The predicted molar refractivity (Wildman–Crippen MR) is 44.9 cm³/mol. The molecule has 82 valence electrons. The van der Waals surface area contributed by atoms with Crippen LogP contribution in [0.2, 0.25) is 0 Å². The van der Waals surface area contributed by atoms with Gasteiger partial charge in [0.1, 0.15) is 0 Å². The number of rotatable bonds is 2. The number of alkyl halides is 4. The van der Waals surface area contributed by atoms with Gasteiger partial charge in [-0.2, -0.15) is 13.2 Å². The van der Waals surface area contributed by atoms with Crippen LogP contribution in [0.3, 0.4) is 0 Å². The van der Waals surface area contributed by atoms with Crippen LogP contribution >= 0.6 is 0 Å². The number of primary amides is 1. The van der Waals surface area contributed by atoms with Crippen LogP contribution < -0.4 is 5.73 Å². The molecule has 6 heteroatoms. The van der Waals surface area contributed by atoms with Crippen LogP contribution in [-0.4, -0.2) is 12.1 Å². The number of hydrogen-bond donors (Lipinski definition) is 1. The van der Waals surface area contributed by atoms with E-state index in [1.807, 2.05) is 0 Å². The standard InChI is InChI=1S/C9H7F4NO/c10-7(9(11,12)13)5-3-1-2-4-6(5)8(14)15/h1-4,7H,(H2,14,15). The number of amides is 1. The Morgan fingerprint density at radius 3 is 2.27 bits per heavy atom. The third-order valence-corrected chi connectivity index (χ3v) is 1.79. The van der Waals surface area contributed by atoms with Gasteiger partial charge in [0.2, 0.25) is 12.1 Å². The molecule has 0 fully saturated rings. The summed E-state index contributed by atoms with van der Waals surface area (Å²) >= 11 is 0. The molecule has 0 saturated heterocycles. The monoisotopic (exact) mass is 221 g/mol. The van der Waals surface area contributed by atoms with Gasteiger partial charge in [0, 0.05) is 11.1 Å². The summed E-state index contributed by atoms with van der Waals surface area (Å²) in [6.07, 6.45) is -8.23. The zero-order chi connectivity index (χ0) is 11.6. The number of halogens is 4. The van der Waals surface area contributed by atoms with Gasteiger partial charge in [-0.1, -0.05) is 18.2 Å². The lowest BCUT2D eigenvalue weighted by molar-refractivity contribution is -0.182. The molecule has 0 bridgehead atoms. The van der Waals surface area contributed by atoms with Crippen LogP contribution in [-0.2, 0) is 0 Å². The van der Waals surface area contributed by atoms with E-state index in [-0.39, 0.29) is 0 Å². The molecular weight excluding hydrogens is 214 g/mol. The summed E-state index contributed by atoms with van der Waals surface area (Å²) in [5.74, 6) is -1.09. The molecular formula is C9H7F4NO. The van der Waals surface area contributed by atoms with E-state index in [4.69, 9.17) is 5.73 Å². The molecule has 0 radical (unpaired) electrons. The zero-order valence-electron chi connectivity index (χ0n) is 7.38. The molecule has 0 aliphatic rings. The third-order valence-electron chi connectivity index (χ3n) is 1.79. The average molecular weight is 221 g/mol. The Morgan fingerprint density at radius 2 is 1.80 bits per heavy atom. The normalized spacial score (nSPS) is 13.6. The lowest BCUT2D eigenvalue weighted by Gasteiger charge is -2.14. The van der Waals surface area contributed by atoms with E-state index in [9.17, 15) is 22.4 Å². The highest BCUT2D eigenvalue weighted by Gasteiger charge is 2.42. The van der Waals surface area contributed by atoms with Crippen molar-refractivity contribution in [2.45, 2.75) is 12.3 Å². The maximum Gasteiger partial charge on any atom is 0.423 e. The van der Waals surface area contributed by atoms with Crippen molar-refractivity contribution >= 4 is 5.91 Å². The van der Waals surface area contributed by atoms with Crippen molar-refractivity contribution in [3.63, 3.8) is 0 Å². The summed E-state index contributed by atoms with van der Waals surface area (Å²) in [5.41, 5.74) is 3.61. The summed E-state index contributed by atoms with van der Waals surface area (Å²) in [7, 11) is 0. The highest BCUT2D eigenvalue weighted by Crippen LogP contribution is 2.37. The first-order valence-electron chi connectivity index (χ1n) is 3.93. The lowest BCUT2D eigenvalue weighted by Crippen LogP contribution is -2.21. The smallest absolute Gasteiger partial charge is 0.366 e. The number of carbonyl (C=O) groups excluding carboxylic acids is 1. The van der Waals surface area contributed by atoms with Crippen molar-refractivity contribution in [3.8, 4) is 0 Å². The lowest BCUT2D eigenvalue weighted by atomic mass is 10.0. The van der Waals surface area contributed by atoms with Crippen molar-refractivity contribution in [1.82, 2.24) is 0 Å². The molecule has 15 heavy (non-hydrogen) atoms. The highest BCUT2D eigenvalue weighted by atomic mass is 19.4. The quantitative estimate of drug-likeness (QED) is 0.765. The summed E-state index contributed by atoms with van der Waals surface area (Å²) < 4.78 is 49.1. The van der Waals surface area contributed by atoms with Gasteiger partial charge in [0.15, 0.2) is 0 Å². The second-order valence-corrected chi connectivity index (χ2v) is 2.86. The largest absolute Gasteiger partial charge is 0.423 e. The molecule has 0 heterocycles. The van der Waals surface area contributed by atoms with Crippen LogP contribution in [0.5, 0.6) is 0 Å². The van der Waals surface area contributed by atoms with Gasteiger partial charge >= 0.3 is 6.18 Å². The Morgan fingerprint density at radius 1 is 1.27 bits per heavy atom. The molecule has 2 nitrogen and oxygen atoms in total.